The van der Waals surface area contributed by atoms with Crippen LogP contribution in [0.5, 0.6) is 0 Å². The normalized spacial score (nSPS) is 29.4. The van der Waals surface area contributed by atoms with Crippen LogP contribution in [-0.2, 0) is 0 Å². The molecule has 3 unspecified atom stereocenters. The standard InChI is InChI=1S/C17H34N4S.HI/c1-13(2)21-9-5-6-14(12-21)11-19-17(18-3)20-15-7-8-16(10-15)22-4;/h13-16H,5-12H2,1-4H3,(H2,18,19,20);1H. The second kappa shape index (κ2) is 11.0. The Bertz CT molecular complexity index is 365. The Morgan fingerprint density at radius 2 is 2.09 bits per heavy atom. The highest BCUT2D eigenvalue weighted by molar-refractivity contribution is 14.0. The number of halogens is 1. The number of aliphatic imine (C=N–C) groups is 1. The average molecular weight is 454 g/mol. The largest absolute Gasteiger partial charge is 0.356 e. The third-order valence-electron chi connectivity index (χ3n) is 5.12. The van der Waals surface area contributed by atoms with Crippen LogP contribution in [0.15, 0.2) is 4.99 Å². The number of piperidine rings is 1. The van der Waals surface area contributed by atoms with Crippen LogP contribution in [-0.4, -0.2) is 61.1 Å². The average Bonchev–Trinajstić information content (AvgIpc) is 2.99. The molecule has 4 nitrogen and oxygen atoms in total. The van der Waals surface area contributed by atoms with Gasteiger partial charge in [-0.05, 0) is 64.7 Å². The Morgan fingerprint density at radius 1 is 1.30 bits per heavy atom. The van der Waals surface area contributed by atoms with Gasteiger partial charge in [0.2, 0.25) is 0 Å². The molecule has 2 fully saturated rings. The summed E-state index contributed by atoms with van der Waals surface area (Å²) in [4.78, 5) is 7.02. The number of likely N-dealkylation sites (tertiary alicyclic amines) is 1. The van der Waals surface area contributed by atoms with Crippen molar-refractivity contribution in [1.82, 2.24) is 15.5 Å². The highest BCUT2D eigenvalue weighted by Crippen LogP contribution is 2.28. The molecule has 2 aliphatic rings. The van der Waals surface area contributed by atoms with Crippen LogP contribution < -0.4 is 10.6 Å². The van der Waals surface area contributed by atoms with Crippen LogP contribution in [0.1, 0.15) is 46.0 Å². The van der Waals surface area contributed by atoms with Gasteiger partial charge < -0.3 is 15.5 Å². The molecule has 0 spiro atoms. The molecule has 3 atom stereocenters. The van der Waals surface area contributed by atoms with Crippen molar-refractivity contribution in [3.05, 3.63) is 0 Å². The summed E-state index contributed by atoms with van der Waals surface area (Å²) in [5, 5.41) is 8.01. The number of hydrogen-bond donors (Lipinski definition) is 2. The molecule has 0 amide bonds. The van der Waals surface area contributed by atoms with E-state index in [1.165, 1.54) is 45.2 Å². The van der Waals surface area contributed by atoms with Crippen molar-refractivity contribution in [2.24, 2.45) is 10.9 Å². The molecule has 2 rings (SSSR count). The van der Waals surface area contributed by atoms with Crippen LogP contribution in [0, 0.1) is 5.92 Å². The fourth-order valence-electron chi connectivity index (χ4n) is 3.65. The number of nitrogens with zero attached hydrogens (tertiary/aromatic N) is 2. The molecule has 1 saturated carbocycles. The fraction of sp³-hybridized carbons (Fsp3) is 0.941. The first-order valence-corrected chi connectivity index (χ1v) is 10.1. The molecule has 0 bridgehead atoms. The first-order valence-electron chi connectivity index (χ1n) is 8.86. The first kappa shape index (κ1) is 21.4. The number of rotatable bonds is 5. The van der Waals surface area contributed by atoms with Crippen LogP contribution in [0.25, 0.3) is 0 Å². The van der Waals surface area contributed by atoms with Crippen molar-refractivity contribution in [1.29, 1.82) is 0 Å². The summed E-state index contributed by atoms with van der Waals surface area (Å²) in [6, 6.07) is 1.27. The van der Waals surface area contributed by atoms with Crippen molar-refractivity contribution in [3.63, 3.8) is 0 Å². The lowest BCUT2D eigenvalue weighted by Crippen LogP contribution is -2.47. The van der Waals surface area contributed by atoms with Gasteiger partial charge in [-0.1, -0.05) is 0 Å². The van der Waals surface area contributed by atoms with E-state index >= 15 is 0 Å². The summed E-state index contributed by atoms with van der Waals surface area (Å²) in [5.41, 5.74) is 0. The van der Waals surface area contributed by atoms with E-state index in [9.17, 15) is 0 Å². The van der Waals surface area contributed by atoms with Crippen LogP contribution in [0.3, 0.4) is 0 Å². The second-order valence-electron chi connectivity index (χ2n) is 7.06. The van der Waals surface area contributed by atoms with Crippen molar-refractivity contribution in [2.45, 2.75) is 63.3 Å². The molecular weight excluding hydrogens is 419 g/mol. The van der Waals surface area contributed by atoms with Gasteiger partial charge in [0.05, 0.1) is 0 Å². The molecule has 1 aliphatic heterocycles. The highest BCUT2D eigenvalue weighted by atomic mass is 127. The minimum absolute atomic E-state index is 0. The van der Waals surface area contributed by atoms with E-state index < -0.39 is 0 Å². The van der Waals surface area contributed by atoms with Crippen molar-refractivity contribution >= 4 is 41.7 Å². The number of guanidine groups is 1. The molecule has 1 aliphatic carbocycles. The lowest BCUT2D eigenvalue weighted by Gasteiger charge is -2.35. The van der Waals surface area contributed by atoms with E-state index in [1.54, 1.807) is 0 Å². The number of thioether (sulfide) groups is 1. The van der Waals surface area contributed by atoms with E-state index in [4.69, 9.17) is 0 Å². The molecule has 6 heteroatoms. The van der Waals surface area contributed by atoms with Gasteiger partial charge in [0.25, 0.3) is 0 Å². The third kappa shape index (κ3) is 6.98. The lowest BCUT2D eigenvalue weighted by molar-refractivity contribution is 0.141. The predicted octanol–water partition coefficient (Wildman–Crippen LogP) is 3.17. The maximum atomic E-state index is 4.41. The summed E-state index contributed by atoms with van der Waals surface area (Å²) in [5.74, 6) is 1.74. The predicted molar refractivity (Wildman–Crippen MR) is 114 cm³/mol. The van der Waals surface area contributed by atoms with Crippen LogP contribution >= 0.6 is 35.7 Å². The molecule has 0 aromatic heterocycles. The smallest absolute Gasteiger partial charge is 0.191 e. The number of hydrogen-bond acceptors (Lipinski definition) is 3. The lowest BCUT2D eigenvalue weighted by atomic mass is 9.97. The van der Waals surface area contributed by atoms with E-state index in [-0.39, 0.29) is 24.0 Å². The van der Waals surface area contributed by atoms with Crippen molar-refractivity contribution < 1.29 is 0 Å². The van der Waals surface area contributed by atoms with E-state index in [2.05, 4.69) is 40.6 Å². The van der Waals surface area contributed by atoms with Gasteiger partial charge in [0.1, 0.15) is 0 Å². The maximum absolute atomic E-state index is 4.41. The molecule has 0 aromatic carbocycles. The zero-order chi connectivity index (χ0) is 15.9. The number of nitrogens with one attached hydrogen (secondary N) is 2. The molecule has 23 heavy (non-hydrogen) atoms. The minimum Gasteiger partial charge on any atom is -0.356 e. The minimum atomic E-state index is 0. The Balaban J connectivity index is 0.00000264. The van der Waals surface area contributed by atoms with Gasteiger partial charge in [0.15, 0.2) is 5.96 Å². The van der Waals surface area contributed by atoms with Gasteiger partial charge in [-0.25, -0.2) is 0 Å². The molecule has 1 heterocycles. The molecular formula is C17H35IN4S. The van der Waals surface area contributed by atoms with Crippen molar-refractivity contribution in [3.8, 4) is 0 Å². The highest BCUT2D eigenvalue weighted by Gasteiger charge is 2.25. The summed E-state index contributed by atoms with van der Waals surface area (Å²) in [6.45, 7) is 8.14. The Kier molecular flexibility index (Phi) is 10.2. The Morgan fingerprint density at radius 3 is 2.70 bits per heavy atom. The Hall–Kier alpha value is 0.310. The van der Waals surface area contributed by atoms with Gasteiger partial charge in [-0.15, -0.1) is 24.0 Å². The fourth-order valence-corrected chi connectivity index (χ4v) is 4.44. The summed E-state index contributed by atoms with van der Waals surface area (Å²) < 4.78 is 0. The zero-order valence-electron chi connectivity index (χ0n) is 15.2. The molecule has 0 radical (unpaired) electrons. The molecule has 1 saturated heterocycles. The summed E-state index contributed by atoms with van der Waals surface area (Å²) in [6.07, 6.45) is 8.77. The second-order valence-corrected chi connectivity index (χ2v) is 8.20. The van der Waals surface area contributed by atoms with Gasteiger partial charge in [0, 0.05) is 37.5 Å². The molecule has 0 aromatic rings. The van der Waals surface area contributed by atoms with Crippen molar-refractivity contribution in [2.75, 3.05) is 32.9 Å². The van der Waals surface area contributed by atoms with Gasteiger partial charge in [-0.2, -0.15) is 11.8 Å². The van der Waals surface area contributed by atoms with Crippen LogP contribution in [0.4, 0.5) is 0 Å². The van der Waals surface area contributed by atoms with E-state index in [0.717, 1.165) is 23.7 Å². The Labute approximate surface area is 164 Å². The van der Waals surface area contributed by atoms with Crippen LogP contribution in [0.2, 0.25) is 0 Å². The summed E-state index contributed by atoms with van der Waals surface area (Å²) in [7, 11) is 1.89. The quantitative estimate of drug-likeness (QED) is 0.380. The topological polar surface area (TPSA) is 39.7 Å². The monoisotopic (exact) mass is 454 g/mol. The third-order valence-corrected chi connectivity index (χ3v) is 6.22. The SMILES string of the molecule is CN=C(NCC1CCCN(C(C)C)C1)NC1CCC(SC)C1.I. The summed E-state index contributed by atoms with van der Waals surface area (Å²) >= 11 is 2.00. The zero-order valence-corrected chi connectivity index (χ0v) is 18.3. The molecule has 136 valence electrons. The van der Waals surface area contributed by atoms with Gasteiger partial charge >= 0.3 is 0 Å². The van der Waals surface area contributed by atoms with E-state index in [1.807, 2.05) is 18.8 Å². The van der Waals surface area contributed by atoms with E-state index in [0.29, 0.717) is 12.1 Å². The first-order chi connectivity index (χ1) is 10.6. The maximum Gasteiger partial charge on any atom is 0.191 e. The molecule has 2 N–H and O–H groups in total. The van der Waals surface area contributed by atoms with Gasteiger partial charge in [-0.3, -0.25) is 4.99 Å².